The summed E-state index contributed by atoms with van der Waals surface area (Å²) in [5.74, 6) is 0.296. The molecule has 0 fully saturated rings. The molecule has 4 rings (SSSR count). The fraction of sp³-hybridized carbons (Fsp3) is 0.280. The molecule has 1 heterocycles. The fourth-order valence-electron chi connectivity index (χ4n) is 4.17. The third kappa shape index (κ3) is 4.17. The molecule has 0 aromatic heterocycles. The number of carbonyl (C=O) groups excluding carboxylic acids is 1. The maximum atomic E-state index is 13.3. The molecule has 0 saturated heterocycles. The number of allylic oxidation sites excluding steroid dienone is 3. The van der Waals surface area contributed by atoms with Crippen LogP contribution in [0.5, 0.6) is 5.75 Å². The first-order chi connectivity index (χ1) is 14.8. The van der Waals surface area contributed by atoms with Gasteiger partial charge in [-0.15, -0.1) is 0 Å². The van der Waals surface area contributed by atoms with Crippen LogP contribution in [0, 0.1) is 22.6 Å². The quantitative estimate of drug-likeness (QED) is 0.767. The molecule has 2 aromatic rings. The molecule has 5 nitrogen and oxygen atoms in total. The van der Waals surface area contributed by atoms with Gasteiger partial charge in [-0.25, -0.2) is 4.39 Å². The molecule has 0 amide bonds. The average Bonchev–Trinajstić information content (AvgIpc) is 2.71. The number of carbonyl (C=O) groups is 1. The maximum absolute atomic E-state index is 13.3. The Morgan fingerprint density at radius 3 is 2.65 bits per heavy atom. The van der Waals surface area contributed by atoms with E-state index in [4.69, 9.17) is 15.2 Å². The summed E-state index contributed by atoms with van der Waals surface area (Å²) in [6, 6.07) is 15.5. The number of Topliss-reactive ketones (excluding diaryl/α,β-unsaturated/α-hetero) is 1. The van der Waals surface area contributed by atoms with E-state index in [1.807, 2.05) is 26.0 Å². The van der Waals surface area contributed by atoms with Crippen molar-refractivity contribution in [3.63, 3.8) is 0 Å². The number of halogens is 1. The first kappa shape index (κ1) is 20.7. The number of rotatable bonds is 4. The van der Waals surface area contributed by atoms with Gasteiger partial charge < -0.3 is 15.2 Å². The van der Waals surface area contributed by atoms with Crippen molar-refractivity contribution in [1.82, 2.24) is 0 Å². The van der Waals surface area contributed by atoms with Gasteiger partial charge in [-0.2, -0.15) is 5.26 Å². The lowest BCUT2D eigenvalue weighted by Gasteiger charge is -2.37. The number of nitrogens with zero attached hydrogens (tertiary/aromatic N) is 1. The molecule has 158 valence electrons. The van der Waals surface area contributed by atoms with Crippen LogP contribution in [-0.2, 0) is 16.1 Å². The van der Waals surface area contributed by atoms with Gasteiger partial charge in [0.2, 0.25) is 5.88 Å². The first-order valence-corrected chi connectivity index (χ1v) is 10.1. The van der Waals surface area contributed by atoms with Crippen LogP contribution in [0.2, 0.25) is 0 Å². The Kier molecular flexibility index (Phi) is 5.28. The lowest BCUT2D eigenvalue weighted by atomic mass is 9.70. The third-order valence-electron chi connectivity index (χ3n) is 5.58. The summed E-state index contributed by atoms with van der Waals surface area (Å²) in [5.41, 5.74) is 8.06. The number of benzene rings is 2. The Morgan fingerprint density at radius 2 is 1.97 bits per heavy atom. The molecule has 31 heavy (non-hydrogen) atoms. The number of ether oxygens (including phenoxy) is 2. The molecule has 2 aliphatic rings. The summed E-state index contributed by atoms with van der Waals surface area (Å²) in [6.45, 7) is 4.25. The first-order valence-electron chi connectivity index (χ1n) is 10.1. The predicted octanol–water partition coefficient (Wildman–Crippen LogP) is 4.86. The highest BCUT2D eigenvalue weighted by molar-refractivity contribution is 6.00. The second-order valence-corrected chi connectivity index (χ2v) is 8.69. The number of nitrogens with two attached hydrogens (primary N) is 1. The summed E-state index contributed by atoms with van der Waals surface area (Å²) in [6.07, 6.45) is 0.970. The molecule has 0 bridgehead atoms. The van der Waals surface area contributed by atoms with Crippen molar-refractivity contribution in [3.05, 3.63) is 88.3 Å². The zero-order valence-electron chi connectivity index (χ0n) is 17.4. The van der Waals surface area contributed by atoms with E-state index in [0.717, 1.165) is 11.1 Å². The molecule has 2 aromatic carbocycles. The molecule has 6 heteroatoms. The number of nitriles is 1. The van der Waals surface area contributed by atoms with Crippen molar-refractivity contribution in [3.8, 4) is 11.8 Å². The number of ketones is 1. The third-order valence-corrected chi connectivity index (χ3v) is 5.58. The molecule has 1 aliphatic carbocycles. The highest BCUT2D eigenvalue weighted by Crippen LogP contribution is 2.47. The standard InChI is InChI=1S/C25H23FN2O3/c1-25(2)11-20(29)23-21(12-25)31-24(28)19(13-27)22(23)16-6-8-18(9-7-16)30-14-15-4-3-5-17(26)10-15/h3-10,22H,11-12,14,28H2,1-2H3. The van der Waals surface area contributed by atoms with Crippen LogP contribution in [0.3, 0.4) is 0 Å². The van der Waals surface area contributed by atoms with Crippen molar-refractivity contribution in [2.45, 2.75) is 39.2 Å². The fourth-order valence-corrected chi connectivity index (χ4v) is 4.17. The van der Waals surface area contributed by atoms with E-state index in [-0.39, 0.29) is 35.1 Å². The normalized spacial score (nSPS) is 20.1. The van der Waals surface area contributed by atoms with Crippen LogP contribution in [0.4, 0.5) is 4.39 Å². The topological polar surface area (TPSA) is 85.3 Å². The van der Waals surface area contributed by atoms with E-state index >= 15 is 0 Å². The SMILES string of the molecule is CC1(C)CC(=O)C2=C(C1)OC(N)=C(C#N)C2c1ccc(OCc2cccc(F)c2)cc1. The summed E-state index contributed by atoms with van der Waals surface area (Å²) < 4.78 is 24.8. The van der Waals surface area contributed by atoms with Crippen LogP contribution >= 0.6 is 0 Å². The van der Waals surface area contributed by atoms with Gasteiger partial charge in [-0.1, -0.05) is 38.1 Å². The van der Waals surface area contributed by atoms with E-state index in [9.17, 15) is 14.4 Å². The van der Waals surface area contributed by atoms with Crippen molar-refractivity contribution in [2.75, 3.05) is 0 Å². The largest absolute Gasteiger partial charge is 0.489 e. The number of hydrogen-bond acceptors (Lipinski definition) is 5. The van der Waals surface area contributed by atoms with Crippen LogP contribution in [0.15, 0.2) is 71.3 Å². The Hall–Kier alpha value is -3.59. The Balaban J connectivity index is 1.62. The van der Waals surface area contributed by atoms with Crippen LogP contribution in [0.1, 0.15) is 43.7 Å². The second kappa shape index (κ2) is 7.92. The monoisotopic (exact) mass is 418 g/mol. The summed E-state index contributed by atoms with van der Waals surface area (Å²) in [5, 5.41) is 9.70. The van der Waals surface area contributed by atoms with Crippen molar-refractivity contribution in [2.24, 2.45) is 11.1 Å². The average molecular weight is 418 g/mol. The predicted molar refractivity (Wildman–Crippen MR) is 113 cm³/mol. The molecule has 0 radical (unpaired) electrons. The van der Waals surface area contributed by atoms with E-state index in [0.29, 0.717) is 29.9 Å². The molecule has 1 aliphatic heterocycles. The van der Waals surface area contributed by atoms with Gasteiger partial charge in [-0.3, -0.25) is 4.79 Å². The molecular weight excluding hydrogens is 395 g/mol. The lowest BCUT2D eigenvalue weighted by molar-refractivity contribution is -0.119. The van der Waals surface area contributed by atoms with E-state index in [1.54, 1.807) is 24.3 Å². The van der Waals surface area contributed by atoms with Crippen LogP contribution in [0.25, 0.3) is 0 Å². The Labute approximate surface area is 180 Å². The van der Waals surface area contributed by atoms with Gasteiger partial charge in [-0.05, 0) is 40.8 Å². The van der Waals surface area contributed by atoms with Crippen molar-refractivity contribution >= 4 is 5.78 Å². The maximum Gasteiger partial charge on any atom is 0.205 e. The van der Waals surface area contributed by atoms with Gasteiger partial charge in [0.1, 0.15) is 35.6 Å². The molecule has 2 N–H and O–H groups in total. The van der Waals surface area contributed by atoms with Gasteiger partial charge in [0, 0.05) is 18.4 Å². The van der Waals surface area contributed by atoms with Crippen molar-refractivity contribution in [1.29, 1.82) is 5.26 Å². The minimum Gasteiger partial charge on any atom is -0.489 e. The molecule has 1 unspecified atom stereocenters. The highest BCUT2D eigenvalue weighted by atomic mass is 19.1. The zero-order valence-corrected chi connectivity index (χ0v) is 17.4. The highest BCUT2D eigenvalue weighted by Gasteiger charge is 2.42. The van der Waals surface area contributed by atoms with Crippen LogP contribution < -0.4 is 10.5 Å². The molecule has 1 atom stereocenters. The Bertz CT molecular complexity index is 1140. The number of hydrogen-bond donors (Lipinski definition) is 1. The summed E-state index contributed by atoms with van der Waals surface area (Å²) >= 11 is 0. The van der Waals surface area contributed by atoms with E-state index in [1.165, 1.54) is 12.1 Å². The van der Waals surface area contributed by atoms with Gasteiger partial charge >= 0.3 is 0 Å². The summed E-state index contributed by atoms with van der Waals surface area (Å²) in [7, 11) is 0. The van der Waals surface area contributed by atoms with Crippen molar-refractivity contribution < 1.29 is 18.7 Å². The minimum atomic E-state index is -0.561. The smallest absolute Gasteiger partial charge is 0.205 e. The molecule has 0 spiro atoms. The summed E-state index contributed by atoms with van der Waals surface area (Å²) in [4.78, 5) is 13.0. The van der Waals surface area contributed by atoms with Gasteiger partial charge in [0.25, 0.3) is 0 Å². The lowest BCUT2D eigenvalue weighted by Crippen LogP contribution is -2.33. The molecule has 0 saturated carbocycles. The van der Waals surface area contributed by atoms with Crippen LogP contribution in [-0.4, -0.2) is 5.78 Å². The second-order valence-electron chi connectivity index (χ2n) is 8.69. The zero-order chi connectivity index (χ0) is 22.2. The minimum absolute atomic E-state index is 0.0251. The Morgan fingerprint density at radius 1 is 1.23 bits per heavy atom. The van der Waals surface area contributed by atoms with E-state index < -0.39 is 5.92 Å². The molecular formula is C25H23FN2O3. The van der Waals surface area contributed by atoms with E-state index in [2.05, 4.69) is 6.07 Å². The van der Waals surface area contributed by atoms with Gasteiger partial charge in [0.15, 0.2) is 5.78 Å². The van der Waals surface area contributed by atoms with Gasteiger partial charge in [0.05, 0.1) is 5.92 Å².